The van der Waals surface area contributed by atoms with Crippen molar-refractivity contribution >= 4 is 11.7 Å². The molecule has 0 spiro atoms. The third kappa shape index (κ3) is 3.21. The molecule has 2 aliphatic rings. The maximum atomic E-state index is 12.7. The highest BCUT2D eigenvalue weighted by Gasteiger charge is 2.27. The summed E-state index contributed by atoms with van der Waals surface area (Å²) in [5.41, 5.74) is 3.77. The first-order chi connectivity index (χ1) is 12.2. The van der Waals surface area contributed by atoms with Crippen LogP contribution in [0.4, 0.5) is 5.82 Å². The molecule has 0 saturated carbocycles. The van der Waals surface area contributed by atoms with E-state index in [0.717, 1.165) is 56.6 Å². The number of amides is 1. The molecule has 1 aliphatic heterocycles. The molecule has 0 bridgehead atoms. The zero-order chi connectivity index (χ0) is 17.2. The Morgan fingerprint density at radius 2 is 2.16 bits per heavy atom. The molecule has 0 unspecified atom stereocenters. The number of rotatable bonds is 3. The van der Waals surface area contributed by atoms with Crippen molar-refractivity contribution in [1.29, 1.82) is 0 Å². The Kier molecular flexibility index (Phi) is 4.57. The number of piperidine rings is 1. The predicted molar refractivity (Wildman–Crippen MR) is 98.7 cm³/mol. The number of anilines is 1. The van der Waals surface area contributed by atoms with Crippen molar-refractivity contribution in [1.82, 2.24) is 15.1 Å². The highest BCUT2D eigenvalue weighted by atomic mass is 16.2. The molecular weight excluding hydrogens is 312 g/mol. The van der Waals surface area contributed by atoms with Gasteiger partial charge in [0, 0.05) is 12.1 Å². The maximum absolute atomic E-state index is 12.7. The third-order valence-corrected chi connectivity index (χ3v) is 5.52. The minimum Gasteiger partial charge on any atom is -0.316 e. The predicted octanol–water partition coefficient (Wildman–Crippen LogP) is 3.06. The highest BCUT2D eigenvalue weighted by Crippen LogP contribution is 2.35. The van der Waals surface area contributed by atoms with Gasteiger partial charge < -0.3 is 10.6 Å². The van der Waals surface area contributed by atoms with Crippen molar-refractivity contribution in [2.45, 2.75) is 45.1 Å². The summed E-state index contributed by atoms with van der Waals surface area (Å²) in [4.78, 5) is 12.7. The van der Waals surface area contributed by atoms with Gasteiger partial charge in [-0.2, -0.15) is 5.10 Å². The molecule has 1 aromatic heterocycles. The van der Waals surface area contributed by atoms with E-state index in [1.165, 1.54) is 11.1 Å². The summed E-state index contributed by atoms with van der Waals surface area (Å²) in [7, 11) is 0. The van der Waals surface area contributed by atoms with Crippen LogP contribution in [0.3, 0.4) is 0 Å². The van der Waals surface area contributed by atoms with Gasteiger partial charge in [0.05, 0.1) is 18.2 Å². The van der Waals surface area contributed by atoms with Crippen LogP contribution >= 0.6 is 0 Å². The summed E-state index contributed by atoms with van der Waals surface area (Å²) in [6, 6.07) is 8.82. The summed E-state index contributed by atoms with van der Waals surface area (Å²) in [6.45, 7) is 3.80. The van der Waals surface area contributed by atoms with E-state index in [4.69, 9.17) is 0 Å². The summed E-state index contributed by atoms with van der Waals surface area (Å²) >= 11 is 0. The van der Waals surface area contributed by atoms with Crippen LogP contribution in [0, 0.1) is 12.8 Å². The van der Waals surface area contributed by atoms with Gasteiger partial charge in [0.25, 0.3) is 0 Å². The normalized spacial score (nSPS) is 23.1. The minimum atomic E-state index is 0.0511. The van der Waals surface area contributed by atoms with Gasteiger partial charge in [-0.15, -0.1) is 0 Å². The summed E-state index contributed by atoms with van der Waals surface area (Å²) in [6.07, 6.45) is 7.23. The lowest BCUT2D eigenvalue weighted by Crippen LogP contribution is -2.37. The van der Waals surface area contributed by atoms with Gasteiger partial charge in [-0.1, -0.05) is 24.3 Å². The van der Waals surface area contributed by atoms with E-state index in [0.29, 0.717) is 0 Å². The van der Waals surface area contributed by atoms with Crippen molar-refractivity contribution in [2.24, 2.45) is 5.92 Å². The first kappa shape index (κ1) is 16.3. The van der Waals surface area contributed by atoms with Gasteiger partial charge in [0.15, 0.2) is 0 Å². The highest BCUT2D eigenvalue weighted by molar-refractivity contribution is 5.92. The second kappa shape index (κ2) is 7.00. The van der Waals surface area contributed by atoms with Crippen molar-refractivity contribution in [2.75, 3.05) is 18.4 Å². The Bertz CT molecular complexity index is 761. The fourth-order valence-corrected chi connectivity index (χ4v) is 4.12. The molecule has 1 saturated heterocycles. The average Bonchev–Trinajstić information content (AvgIpc) is 3.02. The van der Waals surface area contributed by atoms with Gasteiger partial charge in [-0.3, -0.25) is 4.79 Å². The van der Waals surface area contributed by atoms with E-state index >= 15 is 0 Å². The topological polar surface area (TPSA) is 59.0 Å². The number of benzene rings is 1. The fraction of sp³-hybridized carbons (Fsp3) is 0.500. The number of nitrogens with one attached hydrogen (secondary N) is 2. The van der Waals surface area contributed by atoms with Crippen LogP contribution in [0.15, 0.2) is 30.5 Å². The van der Waals surface area contributed by atoms with Crippen LogP contribution in [0.5, 0.6) is 0 Å². The molecule has 2 N–H and O–H groups in total. The second-order valence-electron chi connectivity index (χ2n) is 7.26. The molecule has 0 radical (unpaired) electrons. The van der Waals surface area contributed by atoms with Crippen LogP contribution in [0.25, 0.3) is 0 Å². The minimum absolute atomic E-state index is 0.0511. The van der Waals surface area contributed by atoms with Crippen LogP contribution in [-0.4, -0.2) is 28.8 Å². The monoisotopic (exact) mass is 338 g/mol. The number of carbonyl (C=O) groups excluding carboxylic acids is 1. The standard InChI is InChI=1S/C20H26N4O/c1-14-12-22-24(18-10-4-7-15-6-2-3-9-17(15)18)19(14)23-20(25)16-8-5-11-21-13-16/h2-3,6,9,12,16,18,21H,4-5,7-8,10-11,13H2,1H3,(H,23,25)/t16-,18+/m0/s1. The molecule has 1 fully saturated rings. The van der Waals surface area contributed by atoms with Gasteiger partial charge in [-0.05, 0) is 56.7 Å². The van der Waals surface area contributed by atoms with Crippen molar-refractivity contribution in [3.8, 4) is 0 Å². The first-order valence-corrected chi connectivity index (χ1v) is 9.37. The number of fused-ring (bicyclic) bond motifs is 1. The van der Waals surface area contributed by atoms with Gasteiger partial charge >= 0.3 is 0 Å². The fourth-order valence-electron chi connectivity index (χ4n) is 4.12. The Hall–Kier alpha value is -2.14. The number of aromatic nitrogens is 2. The molecule has 25 heavy (non-hydrogen) atoms. The second-order valence-corrected chi connectivity index (χ2v) is 7.26. The van der Waals surface area contributed by atoms with E-state index in [9.17, 15) is 4.79 Å². The largest absolute Gasteiger partial charge is 0.316 e. The number of carbonyl (C=O) groups is 1. The summed E-state index contributed by atoms with van der Waals surface area (Å²) in [5.74, 6) is 1.02. The van der Waals surface area contributed by atoms with E-state index < -0.39 is 0 Å². The van der Waals surface area contributed by atoms with Crippen molar-refractivity contribution in [3.63, 3.8) is 0 Å². The summed E-state index contributed by atoms with van der Waals surface area (Å²) < 4.78 is 2.03. The molecule has 2 aromatic rings. The molecule has 5 nitrogen and oxygen atoms in total. The van der Waals surface area contributed by atoms with Gasteiger partial charge in [0.1, 0.15) is 5.82 Å². The number of hydrogen-bond acceptors (Lipinski definition) is 3. The Balaban J connectivity index is 1.61. The molecular formula is C20H26N4O. The Morgan fingerprint density at radius 3 is 3.00 bits per heavy atom. The molecule has 4 rings (SSSR count). The molecule has 1 aromatic carbocycles. The third-order valence-electron chi connectivity index (χ3n) is 5.52. The molecule has 2 atom stereocenters. The van der Waals surface area contributed by atoms with Crippen LogP contribution in [0.2, 0.25) is 0 Å². The smallest absolute Gasteiger partial charge is 0.229 e. The zero-order valence-corrected chi connectivity index (χ0v) is 14.8. The lowest BCUT2D eigenvalue weighted by atomic mass is 9.88. The maximum Gasteiger partial charge on any atom is 0.229 e. The van der Waals surface area contributed by atoms with Gasteiger partial charge in [-0.25, -0.2) is 4.68 Å². The molecule has 1 aliphatic carbocycles. The Morgan fingerprint density at radius 1 is 1.28 bits per heavy atom. The lowest BCUT2D eigenvalue weighted by Gasteiger charge is -2.28. The Labute approximate surface area is 148 Å². The van der Waals surface area contributed by atoms with E-state index in [2.05, 4.69) is 40.0 Å². The van der Waals surface area contributed by atoms with E-state index in [1.54, 1.807) is 0 Å². The summed E-state index contributed by atoms with van der Waals surface area (Å²) in [5, 5.41) is 11.1. The lowest BCUT2D eigenvalue weighted by molar-refractivity contribution is -0.120. The van der Waals surface area contributed by atoms with Crippen molar-refractivity contribution in [3.05, 3.63) is 47.2 Å². The molecule has 1 amide bonds. The van der Waals surface area contributed by atoms with Crippen LogP contribution < -0.4 is 10.6 Å². The molecule has 132 valence electrons. The quantitative estimate of drug-likeness (QED) is 0.904. The number of nitrogens with zero attached hydrogens (tertiary/aromatic N) is 2. The number of aryl methyl sites for hydroxylation is 2. The van der Waals surface area contributed by atoms with Crippen LogP contribution in [0.1, 0.15) is 48.4 Å². The zero-order valence-electron chi connectivity index (χ0n) is 14.8. The SMILES string of the molecule is Cc1cnn([C@@H]2CCCc3ccccc32)c1NC(=O)[C@H]1CCCNC1. The van der Waals surface area contributed by atoms with Crippen LogP contribution in [-0.2, 0) is 11.2 Å². The first-order valence-electron chi connectivity index (χ1n) is 9.37. The van der Waals surface area contributed by atoms with Crippen molar-refractivity contribution < 1.29 is 4.79 Å². The molecule has 2 heterocycles. The van der Waals surface area contributed by atoms with Gasteiger partial charge in [0.2, 0.25) is 5.91 Å². The molecule has 5 heteroatoms. The van der Waals surface area contributed by atoms with E-state index in [-0.39, 0.29) is 17.9 Å². The average molecular weight is 338 g/mol. The number of hydrogen-bond donors (Lipinski definition) is 2. The van der Waals surface area contributed by atoms with E-state index in [1.807, 2.05) is 17.8 Å².